The third-order valence-electron chi connectivity index (χ3n) is 4.28. The van der Waals surface area contributed by atoms with E-state index in [4.69, 9.17) is 32.7 Å². The molecule has 1 saturated heterocycles. The van der Waals surface area contributed by atoms with Crippen LogP contribution in [0.25, 0.3) is 0 Å². The quantitative estimate of drug-likeness (QED) is 0.748. The van der Waals surface area contributed by atoms with Crippen LogP contribution in [0.4, 0.5) is 0 Å². The van der Waals surface area contributed by atoms with Gasteiger partial charge in [0.1, 0.15) is 6.61 Å². The second-order valence-corrected chi connectivity index (χ2v) is 6.90. The summed E-state index contributed by atoms with van der Waals surface area (Å²) in [6, 6.07) is 5.13. The van der Waals surface area contributed by atoms with Crippen LogP contribution in [0.3, 0.4) is 0 Å². The molecule has 0 aromatic heterocycles. The zero-order valence-electron chi connectivity index (χ0n) is 12.6. The second-order valence-electron chi connectivity index (χ2n) is 6.05. The highest BCUT2D eigenvalue weighted by molar-refractivity contribution is 6.35. The summed E-state index contributed by atoms with van der Waals surface area (Å²) in [7, 11) is 0. The fourth-order valence-electron chi connectivity index (χ4n) is 2.83. The van der Waals surface area contributed by atoms with Crippen LogP contribution in [0, 0.1) is 11.8 Å². The van der Waals surface area contributed by atoms with E-state index >= 15 is 0 Å². The van der Waals surface area contributed by atoms with Crippen molar-refractivity contribution in [1.29, 1.82) is 0 Å². The van der Waals surface area contributed by atoms with Crippen molar-refractivity contribution in [2.45, 2.75) is 31.8 Å². The molecular weight excluding hydrogens is 339 g/mol. The average molecular weight is 357 g/mol. The summed E-state index contributed by atoms with van der Waals surface area (Å²) in [4.78, 5) is 24.1. The molecule has 1 aromatic rings. The third kappa shape index (κ3) is 4.06. The van der Waals surface area contributed by atoms with Gasteiger partial charge in [-0.3, -0.25) is 9.59 Å². The lowest BCUT2D eigenvalue weighted by Crippen LogP contribution is -2.32. The molecule has 2 atom stereocenters. The summed E-state index contributed by atoms with van der Waals surface area (Å²) in [6.07, 6.45) is 2.78. The van der Waals surface area contributed by atoms with E-state index in [9.17, 15) is 9.59 Å². The Hall–Kier alpha value is -1.10. The standard InChI is InChI=1S/C17H18Cl2O4/c18-11-5-6-12(14(19)8-11)16-13(2-1-7-22-16)17(21)23-9-15(20)10-3-4-10/h5-6,8,10,13,16H,1-4,7,9H2/t13-,16-/m0/s1. The number of carbonyl (C=O) groups is 2. The molecular formula is C17H18Cl2O4. The number of hydrogen-bond acceptors (Lipinski definition) is 4. The average Bonchev–Trinajstić information content (AvgIpc) is 3.37. The number of esters is 1. The van der Waals surface area contributed by atoms with Gasteiger partial charge < -0.3 is 9.47 Å². The molecule has 3 rings (SSSR count). The Kier molecular flexibility index (Phi) is 5.24. The number of Topliss-reactive ketones (excluding diaryl/α,β-unsaturated/α-hetero) is 1. The molecule has 0 bridgehead atoms. The van der Waals surface area contributed by atoms with Crippen LogP contribution >= 0.6 is 23.2 Å². The molecule has 0 unspecified atom stereocenters. The van der Waals surface area contributed by atoms with Gasteiger partial charge in [-0.15, -0.1) is 0 Å². The minimum Gasteiger partial charge on any atom is -0.457 e. The maximum absolute atomic E-state index is 12.4. The topological polar surface area (TPSA) is 52.6 Å². The molecule has 0 radical (unpaired) electrons. The lowest BCUT2D eigenvalue weighted by atomic mass is 9.89. The zero-order chi connectivity index (χ0) is 16.4. The van der Waals surface area contributed by atoms with E-state index in [-0.39, 0.29) is 18.3 Å². The van der Waals surface area contributed by atoms with Gasteiger partial charge in [-0.05, 0) is 37.8 Å². The van der Waals surface area contributed by atoms with Gasteiger partial charge >= 0.3 is 5.97 Å². The zero-order valence-corrected chi connectivity index (χ0v) is 14.1. The summed E-state index contributed by atoms with van der Waals surface area (Å²) < 4.78 is 11.0. The summed E-state index contributed by atoms with van der Waals surface area (Å²) in [5.41, 5.74) is 0.728. The molecule has 0 spiro atoms. The molecule has 2 aliphatic rings. The first kappa shape index (κ1) is 16.7. The molecule has 124 valence electrons. The number of halogens is 2. The van der Waals surface area contributed by atoms with Crippen molar-refractivity contribution in [3.05, 3.63) is 33.8 Å². The Morgan fingerprint density at radius 3 is 2.70 bits per heavy atom. The van der Waals surface area contributed by atoms with Gasteiger partial charge in [0.2, 0.25) is 0 Å². The molecule has 1 aliphatic heterocycles. The van der Waals surface area contributed by atoms with Crippen LogP contribution in [0.1, 0.15) is 37.4 Å². The molecule has 2 fully saturated rings. The van der Waals surface area contributed by atoms with E-state index in [1.54, 1.807) is 18.2 Å². The number of carbonyl (C=O) groups excluding carboxylic acids is 2. The van der Waals surface area contributed by atoms with Crippen LogP contribution in [-0.4, -0.2) is 25.0 Å². The maximum Gasteiger partial charge on any atom is 0.312 e. The smallest absolute Gasteiger partial charge is 0.312 e. The molecule has 0 N–H and O–H groups in total. The molecule has 23 heavy (non-hydrogen) atoms. The van der Waals surface area contributed by atoms with Crippen LogP contribution in [0.5, 0.6) is 0 Å². The number of ketones is 1. The Balaban J connectivity index is 1.70. The van der Waals surface area contributed by atoms with E-state index in [2.05, 4.69) is 0 Å². The van der Waals surface area contributed by atoms with Gasteiger partial charge in [-0.2, -0.15) is 0 Å². The van der Waals surface area contributed by atoms with Crippen LogP contribution < -0.4 is 0 Å². The fraction of sp³-hybridized carbons (Fsp3) is 0.529. The van der Waals surface area contributed by atoms with Gasteiger partial charge in [0.25, 0.3) is 0 Å². The van der Waals surface area contributed by atoms with Crippen molar-refractivity contribution in [2.24, 2.45) is 11.8 Å². The Morgan fingerprint density at radius 1 is 1.22 bits per heavy atom. The minimum atomic E-state index is -0.461. The van der Waals surface area contributed by atoms with Gasteiger partial charge in [-0.25, -0.2) is 0 Å². The number of rotatable bonds is 5. The van der Waals surface area contributed by atoms with E-state index in [1.165, 1.54) is 0 Å². The van der Waals surface area contributed by atoms with Crippen molar-refractivity contribution in [2.75, 3.05) is 13.2 Å². The molecule has 1 aromatic carbocycles. The molecule has 1 saturated carbocycles. The van der Waals surface area contributed by atoms with Gasteiger partial charge in [0, 0.05) is 28.1 Å². The van der Waals surface area contributed by atoms with Crippen LogP contribution in [0.15, 0.2) is 18.2 Å². The first-order chi connectivity index (χ1) is 11.1. The highest BCUT2D eigenvalue weighted by atomic mass is 35.5. The minimum absolute atomic E-state index is 0.0103. The summed E-state index contributed by atoms with van der Waals surface area (Å²) in [5, 5.41) is 1.000. The number of hydrogen-bond donors (Lipinski definition) is 0. The normalized spacial score (nSPS) is 24.3. The lowest BCUT2D eigenvalue weighted by molar-refractivity contribution is -0.161. The van der Waals surface area contributed by atoms with Crippen LogP contribution in [-0.2, 0) is 19.1 Å². The van der Waals surface area contributed by atoms with Crippen molar-refractivity contribution < 1.29 is 19.1 Å². The van der Waals surface area contributed by atoms with Gasteiger partial charge in [0.05, 0.1) is 12.0 Å². The predicted octanol–water partition coefficient (Wildman–Crippen LogP) is 3.98. The fourth-order valence-corrected chi connectivity index (χ4v) is 3.35. The van der Waals surface area contributed by atoms with Gasteiger partial charge in [-0.1, -0.05) is 29.3 Å². The summed E-state index contributed by atoms with van der Waals surface area (Å²) in [5.74, 6) is -0.743. The Bertz CT molecular complexity index is 613. The number of benzene rings is 1. The van der Waals surface area contributed by atoms with E-state index in [1.807, 2.05) is 0 Å². The first-order valence-electron chi connectivity index (χ1n) is 7.82. The van der Waals surface area contributed by atoms with E-state index in [0.717, 1.165) is 24.8 Å². The van der Waals surface area contributed by atoms with E-state index < -0.39 is 18.0 Å². The summed E-state index contributed by atoms with van der Waals surface area (Å²) >= 11 is 12.2. The van der Waals surface area contributed by atoms with E-state index in [0.29, 0.717) is 23.1 Å². The predicted molar refractivity (Wildman–Crippen MR) is 86.6 cm³/mol. The van der Waals surface area contributed by atoms with Crippen LogP contribution in [0.2, 0.25) is 10.0 Å². The molecule has 4 nitrogen and oxygen atoms in total. The molecule has 1 aliphatic carbocycles. The van der Waals surface area contributed by atoms with Crippen molar-refractivity contribution in [1.82, 2.24) is 0 Å². The summed E-state index contributed by atoms with van der Waals surface area (Å²) in [6.45, 7) is 0.426. The number of ether oxygens (including phenoxy) is 2. The molecule has 6 heteroatoms. The SMILES string of the molecule is O=C(COC(=O)[C@H]1CCCO[C@H]1c1ccc(Cl)cc1Cl)C1CC1. The highest BCUT2D eigenvalue weighted by Gasteiger charge is 2.36. The highest BCUT2D eigenvalue weighted by Crippen LogP contribution is 2.38. The first-order valence-corrected chi connectivity index (χ1v) is 8.58. The maximum atomic E-state index is 12.4. The molecule has 1 heterocycles. The van der Waals surface area contributed by atoms with Crippen molar-refractivity contribution >= 4 is 35.0 Å². The Morgan fingerprint density at radius 2 is 2.00 bits per heavy atom. The van der Waals surface area contributed by atoms with Crippen molar-refractivity contribution in [3.63, 3.8) is 0 Å². The molecule has 0 amide bonds. The largest absolute Gasteiger partial charge is 0.457 e. The second kappa shape index (κ2) is 7.20. The monoisotopic (exact) mass is 356 g/mol. The van der Waals surface area contributed by atoms with Crippen molar-refractivity contribution in [3.8, 4) is 0 Å². The van der Waals surface area contributed by atoms with Gasteiger partial charge in [0.15, 0.2) is 5.78 Å². The Labute approximate surface area is 145 Å². The third-order valence-corrected chi connectivity index (χ3v) is 4.85. The lowest BCUT2D eigenvalue weighted by Gasteiger charge is -2.31.